The summed E-state index contributed by atoms with van der Waals surface area (Å²) in [7, 11) is 0. The minimum atomic E-state index is -0.456. The van der Waals surface area contributed by atoms with Gasteiger partial charge in [0.25, 0.3) is 5.69 Å². The molecule has 0 aliphatic rings. The van der Waals surface area contributed by atoms with Gasteiger partial charge in [-0.05, 0) is 37.6 Å². The number of nitro groups is 1. The van der Waals surface area contributed by atoms with E-state index >= 15 is 0 Å². The SMILES string of the molecule is CCN(CC)c1ccc(CNCCNc2ccc([N+](=O)[O-])cc2Cl)cc1.[Cl-]. The molecule has 2 N–H and O–H groups in total. The van der Waals surface area contributed by atoms with Gasteiger partial charge in [0, 0.05) is 50.5 Å². The highest BCUT2D eigenvalue weighted by Gasteiger charge is 2.08. The van der Waals surface area contributed by atoms with E-state index in [2.05, 4.69) is 53.6 Å². The Bertz CT molecular complexity index is 722. The molecule has 0 aromatic heterocycles. The number of halogens is 2. The van der Waals surface area contributed by atoms with Crippen molar-refractivity contribution in [2.45, 2.75) is 20.4 Å². The van der Waals surface area contributed by atoms with Crippen molar-refractivity contribution in [3.05, 3.63) is 63.2 Å². The molecule has 2 aromatic rings. The molecule has 0 heterocycles. The predicted octanol–water partition coefficient (Wildman–Crippen LogP) is 1.30. The van der Waals surface area contributed by atoms with Crippen LogP contribution < -0.4 is 27.9 Å². The second-order valence-corrected chi connectivity index (χ2v) is 6.27. The van der Waals surface area contributed by atoms with Gasteiger partial charge in [-0.25, -0.2) is 0 Å². The number of non-ortho nitro benzene ring substituents is 1. The molecule has 0 amide bonds. The highest BCUT2D eigenvalue weighted by Crippen LogP contribution is 2.26. The fourth-order valence-electron chi connectivity index (χ4n) is 2.69. The van der Waals surface area contributed by atoms with Gasteiger partial charge < -0.3 is 27.9 Å². The van der Waals surface area contributed by atoms with Crippen LogP contribution in [0.5, 0.6) is 0 Å². The molecule has 148 valence electrons. The van der Waals surface area contributed by atoms with Gasteiger partial charge in [-0.3, -0.25) is 10.1 Å². The number of rotatable bonds is 10. The monoisotopic (exact) mass is 411 g/mol. The van der Waals surface area contributed by atoms with Crippen LogP contribution in [0.15, 0.2) is 42.5 Å². The molecule has 2 aromatic carbocycles. The van der Waals surface area contributed by atoms with Gasteiger partial charge in [-0.1, -0.05) is 23.7 Å². The molecule has 0 unspecified atom stereocenters. The summed E-state index contributed by atoms with van der Waals surface area (Å²) in [5, 5.41) is 17.6. The standard InChI is InChI=1S/C19H25ClN4O2.ClH/c1-3-23(4-2)16-7-5-15(6-8-16)14-21-11-12-22-19-10-9-17(24(25)26)13-18(19)20;/h5-10,13,21-22H,3-4,11-12,14H2,1-2H3;1H/p-1. The molecular weight excluding hydrogens is 387 g/mol. The Balaban J connectivity index is 0.00000364. The molecular formula is C19H25Cl2N4O2-. The Hall–Kier alpha value is -2.02. The highest BCUT2D eigenvalue weighted by molar-refractivity contribution is 6.33. The van der Waals surface area contributed by atoms with Crippen LogP contribution in [0.25, 0.3) is 0 Å². The molecule has 0 fully saturated rings. The predicted molar refractivity (Wildman–Crippen MR) is 108 cm³/mol. The Labute approximate surface area is 171 Å². The lowest BCUT2D eigenvalue weighted by molar-refractivity contribution is -0.384. The summed E-state index contributed by atoms with van der Waals surface area (Å²) in [6.45, 7) is 8.54. The van der Waals surface area contributed by atoms with Crippen molar-refractivity contribution < 1.29 is 17.3 Å². The van der Waals surface area contributed by atoms with Crippen LogP contribution in [0.3, 0.4) is 0 Å². The maximum Gasteiger partial charge on any atom is 0.271 e. The van der Waals surface area contributed by atoms with E-state index < -0.39 is 4.92 Å². The average Bonchev–Trinajstić information content (AvgIpc) is 2.64. The van der Waals surface area contributed by atoms with E-state index in [4.69, 9.17) is 11.6 Å². The first kappa shape index (κ1) is 23.0. The van der Waals surface area contributed by atoms with Crippen LogP contribution in [-0.2, 0) is 6.54 Å². The maximum atomic E-state index is 10.7. The first-order valence-electron chi connectivity index (χ1n) is 8.77. The minimum absolute atomic E-state index is 0. The van der Waals surface area contributed by atoms with E-state index in [1.807, 2.05) is 0 Å². The zero-order valence-corrected chi connectivity index (χ0v) is 17.1. The van der Waals surface area contributed by atoms with Gasteiger partial charge in [0.05, 0.1) is 15.6 Å². The van der Waals surface area contributed by atoms with Crippen molar-refractivity contribution >= 4 is 28.7 Å². The summed E-state index contributed by atoms with van der Waals surface area (Å²) < 4.78 is 0. The van der Waals surface area contributed by atoms with Gasteiger partial charge in [-0.15, -0.1) is 0 Å². The molecule has 0 saturated carbocycles. The van der Waals surface area contributed by atoms with Gasteiger partial charge in [0.2, 0.25) is 0 Å². The molecule has 0 aliphatic carbocycles. The minimum Gasteiger partial charge on any atom is -1.00 e. The zero-order chi connectivity index (χ0) is 18.9. The second kappa shape index (κ2) is 11.6. The summed E-state index contributed by atoms with van der Waals surface area (Å²) in [5.41, 5.74) is 3.16. The average molecular weight is 412 g/mol. The van der Waals surface area contributed by atoms with Crippen molar-refractivity contribution in [1.29, 1.82) is 0 Å². The number of anilines is 2. The third-order valence-electron chi connectivity index (χ3n) is 4.17. The molecule has 0 spiro atoms. The number of nitrogens with one attached hydrogen (secondary N) is 2. The summed E-state index contributed by atoms with van der Waals surface area (Å²) in [5.74, 6) is 0. The Morgan fingerprint density at radius 1 is 1.07 bits per heavy atom. The van der Waals surface area contributed by atoms with Crippen molar-refractivity contribution in [2.75, 3.05) is 36.4 Å². The molecule has 0 atom stereocenters. The van der Waals surface area contributed by atoms with Crippen LogP contribution >= 0.6 is 11.6 Å². The Morgan fingerprint density at radius 3 is 2.30 bits per heavy atom. The number of hydrogen-bond donors (Lipinski definition) is 2. The molecule has 27 heavy (non-hydrogen) atoms. The van der Waals surface area contributed by atoms with E-state index in [-0.39, 0.29) is 18.1 Å². The second-order valence-electron chi connectivity index (χ2n) is 5.86. The maximum absolute atomic E-state index is 10.7. The molecule has 0 radical (unpaired) electrons. The number of benzene rings is 2. The first-order chi connectivity index (χ1) is 12.5. The van der Waals surface area contributed by atoms with Crippen LogP contribution in [-0.4, -0.2) is 31.1 Å². The smallest absolute Gasteiger partial charge is 0.271 e. The quantitative estimate of drug-likeness (QED) is 0.350. The molecule has 0 saturated heterocycles. The van der Waals surface area contributed by atoms with Crippen molar-refractivity contribution in [3.63, 3.8) is 0 Å². The molecule has 6 nitrogen and oxygen atoms in total. The van der Waals surface area contributed by atoms with Crippen molar-refractivity contribution in [2.24, 2.45) is 0 Å². The number of nitro benzene ring substituents is 1. The largest absolute Gasteiger partial charge is 1.00 e. The molecule has 0 aliphatic heterocycles. The van der Waals surface area contributed by atoms with Gasteiger partial charge in [-0.2, -0.15) is 0 Å². The van der Waals surface area contributed by atoms with E-state index in [0.717, 1.165) is 26.2 Å². The first-order valence-corrected chi connectivity index (χ1v) is 9.15. The Morgan fingerprint density at radius 2 is 1.74 bits per heavy atom. The molecule has 2 rings (SSSR count). The summed E-state index contributed by atoms with van der Waals surface area (Å²) in [6.07, 6.45) is 0. The van der Waals surface area contributed by atoms with Gasteiger partial charge in [0.1, 0.15) is 0 Å². The number of hydrogen-bond acceptors (Lipinski definition) is 5. The number of nitrogens with zero attached hydrogens (tertiary/aromatic N) is 2. The lowest BCUT2D eigenvalue weighted by atomic mass is 10.2. The van der Waals surface area contributed by atoms with E-state index in [1.54, 1.807) is 6.07 Å². The highest BCUT2D eigenvalue weighted by atomic mass is 35.5. The summed E-state index contributed by atoms with van der Waals surface area (Å²) >= 11 is 6.06. The fraction of sp³-hybridized carbons (Fsp3) is 0.368. The molecule has 8 heteroatoms. The molecule has 0 bridgehead atoms. The lowest BCUT2D eigenvalue weighted by Crippen LogP contribution is -3.00. The van der Waals surface area contributed by atoms with Crippen molar-refractivity contribution in [1.82, 2.24) is 5.32 Å². The lowest BCUT2D eigenvalue weighted by Gasteiger charge is -2.21. The Kier molecular flexibility index (Phi) is 9.93. The van der Waals surface area contributed by atoms with Gasteiger partial charge >= 0.3 is 0 Å². The summed E-state index contributed by atoms with van der Waals surface area (Å²) in [4.78, 5) is 12.6. The summed E-state index contributed by atoms with van der Waals surface area (Å²) in [6, 6.07) is 13.0. The normalized spacial score (nSPS) is 10.2. The van der Waals surface area contributed by atoms with Crippen molar-refractivity contribution in [3.8, 4) is 0 Å². The van der Waals surface area contributed by atoms with Crippen LogP contribution in [0.1, 0.15) is 19.4 Å². The van der Waals surface area contributed by atoms with E-state index in [0.29, 0.717) is 17.3 Å². The van der Waals surface area contributed by atoms with Crippen LogP contribution in [0.2, 0.25) is 5.02 Å². The topological polar surface area (TPSA) is 70.4 Å². The third-order valence-corrected chi connectivity index (χ3v) is 4.49. The van der Waals surface area contributed by atoms with E-state index in [9.17, 15) is 10.1 Å². The van der Waals surface area contributed by atoms with E-state index in [1.165, 1.54) is 23.4 Å². The fourth-order valence-corrected chi connectivity index (χ4v) is 2.93. The van der Waals surface area contributed by atoms with Crippen LogP contribution in [0, 0.1) is 10.1 Å². The van der Waals surface area contributed by atoms with Crippen LogP contribution in [0.4, 0.5) is 17.1 Å². The van der Waals surface area contributed by atoms with Gasteiger partial charge in [0.15, 0.2) is 0 Å². The zero-order valence-electron chi connectivity index (χ0n) is 15.5. The third kappa shape index (κ3) is 6.90.